The number of halogens is 1. The Bertz CT molecular complexity index is 1280. The van der Waals surface area contributed by atoms with Gasteiger partial charge in [-0.05, 0) is 55.3 Å². The molecule has 144 valence electrons. The Hall–Kier alpha value is -3.80. The normalized spacial score (nSPS) is 11.6. The highest BCUT2D eigenvalue weighted by atomic mass is 19.1. The molecule has 0 unspecified atom stereocenters. The summed E-state index contributed by atoms with van der Waals surface area (Å²) in [6, 6.07) is 17.2. The summed E-state index contributed by atoms with van der Waals surface area (Å²) in [6.07, 6.45) is 1.66. The number of carbonyl (C=O) groups is 1. The lowest BCUT2D eigenvalue weighted by Crippen LogP contribution is -2.22. The van der Waals surface area contributed by atoms with E-state index in [-0.39, 0.29) is 16.8 Å². The molecule has 1 N–H and O–H groups in total. The summed E-state index contributed by atoms with van der Waals surface area (Å²) < 4.78 is 20.2. The number of nitrogens with zero attached hydrogens (tertiary/aromatic N) is 2. The number of pyridine rings is 1. The minimum absolute atomic E-state index is 0.0241. The van der Waals surface area contributed by atoms with Gasteiger partial charge in [-0.1, -0.05) is 30.3 Å². The van der Waals surface area contributed by atoms with Gasteiger partial charge in [-0.2, -0.15) is 0 Å². The molecule has 5 nitrogen and oxygen atoms in total. The molecule has 0 radical (unpaired) electrons. The van der Waals surface area contributed by atoms with Crippen LogP contribution < -0.4 is 10.9 Å². The summed E-state index contributed by atoms with van der Waals surface area (Å²) in [5, 5.41) is 3.47. The van der Waals surface area contributed by atoms with Crippen LogP contribution in [0.2, 0.25) is 0 Å². The minimum atomic E-state index is -0.486. The average molecular weight is 387 g/mol. The maximum absolute atomic E-state index is 14.3. The molecule has 0 bridgehead atoms. The first-order valence-electron chi connectivity index (χ1n) is 9.07. The third-order valence-electron chi connectivity index (χ3n) is 4.38. The van der Waals surface area contributed by atoms with Crippen LogP contribution in [0.1, 0.15) is 21.5 Å². The largest absolute Gasteiger partial charge is 0.438 e. The zero-order valence-corrected chi connectivity index (χ0v) is 15.9. The van der Waals surface area contributed by atoms with Crippen molar-refractivity contribution in [2.45, 2.75) is 13.8 Å². The van der Waals surface area contributed by atoms with Crippen LogP contribution in [0.3, 0.4) is 0 Å². The van der Waals surface area contributed by atoms with E-state index in [1.54, 1.807) is 43.5 Å². The SMILES string of the molecule is Cc1ccc(NC(=O)c2cc3ccccc3oc2=Nc2ccc(C)cc2F)nc1. The van der Waals surface area contributed by atoms with E-state index < -0.39 is 11.7 Å². The lowest BCUT2D eigenvalue weighted by atomic mass is 10.1. The van der Waals surface area contributed by atoms with Crippen LogP contribution >= 0.6 is 0 Å². The fraction of sp³-hybridized carbons (Fsp3) is 0.0870. The molecule has 0 aliphatic carbocycles. The van der Waals surface area contributed by atoms with Crippen molar-refractivity contribution < 1.29 is 13.6 Å². The fourth-order valence-electron chi connectivity index (χ4n) is 2.85. The van der Waals surface area contributed by atoms with E-state index in [0.717, 1.165) is 16.5 Å². The van der Waals surface area contributed by atoms with Gasteiger partial charge < -0.3 is 9.73 Å². The Kier molecular flexibility index (Phi) is 4.91. The number of carbonyl (C=O) groups excluding carboxylic acids is 1. The van der Waals surface area contributed by atoms with Gasteiger partial charge in [-0.25, -0.2) is 14.4 Å². The first-order valence-corrected chi connectivity index (χ1v) is 9.07. The summed E-state index contributed by atoms with van der Waals surface area (Å²) in [5.41, 5.74) is 2.61. The third kappa shape index (κ3) is 4.06. The number of rotatable bonds is 3. The van der Waals surface area contributed by atoms with Gasteiger partial charge in [0, 0.05) is 11.6 Å². The monoisotopic (exact) mass is 387 g/mol. The number of aryl methyl sites for hydroxylation is 2. The molecule has 4 aromatic rings. The van der Waals surface area contributed by atoms with Crippen molar-refractivity contribution in [1.82, 2.24) is 4.98 Å². The topological polar surface area (TPSA) is 67.5 Å². The van der Waals surface area contributed by atoms with Crippen molar-refractivity contribution in [3.8, 4) is 0 Å². The van der Waals surface area contributed by atoms with Crippen LogP contribution in [0.25, 0.3) is 11.0 Å². The summed E-state index contributed by atoms with van der Waals surface area (Å²) in [4.78, 5) is 21.4. The number of amides is 1. The number of aromatic nitrogens is 1. The first kappa shape index (κ1) is 18.6. The van der Waals surface area contributed by atoms with E-state index in [1.807, 2.05) is 31.2 Å². The van der Waals surface area contributed by atoms with E-state index in [9.17, 15) is 9.18 Å². The highest BCUT2D eigenvalue weighted by Crippen LogP contribution is 2.19. The highest BCUT2D eigenvalue weighted by Gasteiger charge is 2.14. The number of nitrogens with one attached hydrogen (secondary N) is 1. The molecule has 6 heteroatoms. The predicted octanol–water partition coefficient (Wildman–Crippen LogP) is 5.07. The van der Waals surface area contributed by atoms with Crippen molar-refractivity contribution in [2.75, 3.05) is 5.32 Å². The molecular formula is C23H18FN3O2. The summed E-state index contributed by atoms with van der Waals surface area (Å²) in [5.74, 6) is -0.525. The van der Waals surface area contributed by atoms with Crippen LogP contribution in [0.4, 0.5) is 15.9 Å². The number of anilines is 1. The van der Waals surface area contributed by atoms with Crippen molar-refractivity contribution >= 4 is 28.4 Å². The Labute approximate surface area is 166 Å². The average Bonchev–Trinajstić information content (AvgIpc) is 2.71. The fourth-order valence-corrected chi connectivity index (χ4v) is 2.85. The maximum Gasteiger partial charge on any atom is 0.262 e. The van der Waals surface area contributed by atoms with Gasteiger partial charge in [0.05, 0.1) is 0 Å². The summed E-state index contributed by atoms with van der Waals surface area (Å²) in [6.45, 7) is 3.70. The van der Waals surface area contributed by atoms with Gasteiger partial charge in [0.15, 0.2) is 0 Å². The quantitative estimate of drug-likeness (QED) is 0.534. The predicted molar refractivity (Wildman–Crippen MR) is 110 cm³/mol. The smallest absolute Gasteiger partial charge is 0.262 e. The highest BCUT2D eigenvalue weighted by molar-refractivity contribution is 6.04. The summed E-state index contributed by atoms with van der Waals surface area (Å²) >= 11 is 0. The third-order valence-corrected chi connectivity index (χ3v) is 4.38. The van der Waals surface area contributed by atoms with E-state index >= 15 is 0 Å². The second kappa shape index (κ2) is 7.67. The van der Waals surface area contributed by atoms with E-state index in [4.69, 9.17) is 4.42 Å². The Morgan fingerprint density at radius 1 is 1.03 bits per heavy atom. The van der Waals surface area contributed by atoms with Gasteiger partial charge in [0.2, 0.25) is 5.55 Å². The molecule has 0 atom stereocenters. The molecule has 0 fully saturated rings. The van der Waals surface area contributed by atoms with Crippen molar-refractivity contribution in [2.24, 2.45) is 4.99 Å². The van der Waals surface area contributed by atoms with Gasteiger partial charge in [-0.3, -0.25) is 4.79 Å². The lowest BCUT2D eigenvalue weighted by Gasteiger charge is -2.07. The number of para-hydroxylation sites is 1. The molecule has 0 spiro atoms. The van der Waals surface area contributed by atoms with Crippen molar-refractivity contribution in [3.63, 3.8) is 0 Å². The maximum atomic E-state index is 14.3. The molecule has 2 aromatic carbocycles. The zero-order chi connectivity index (χ0) is 20.4. The number of hydrogen-bond acceptors (Lipinski definition) is 4. The second-order valence-corrected chi connectivity index (χ2v) is 6.74. The molecule has 29 heavy (non-hydrogen) atoms. The van der Waals surface area contributed by atoms with Gasteiger partial charge in [0.1, 0.15) is 28.5 Å². The van der Waals surface area contributed by atoms with Crippen LogP contribution in [-0.4, -0.2) is 10.9 Å². The van der Waals surface area contributed by atoms with Crippen molar-refractivity contribution in [1.29, 1.82) is 0 Å². The zero-order valence-electron chi connectivity index (χ0n) is 15.9. The molecular weight excluding hydrogens is 369 g/mol. The Morgan fingerprint density at radius 3 is 2.59 bits per heavy atom. The lowest BCUT2D eigenvalue weighted by molar-refractivity contribution is 0.102. The van der Waals surface area contributed by atoms with Gasteiger partial charge in [0.25, 0.3) is 5.91 Å². The van der Waals surface area contributed by atoms with E-state index in [1.165, 1.54) is 6.07 Å². The molecule has 1 amide bonds. The first-order chi connectivity index (χ1) is 14.0. The van der Waals surface area contributed by atoms with Gasteiger partial charge >= 0.3 is 0 Å². The van der Waals surface area contributed by atoms with Crippen LogP contribution in [0, 0.1) is 19.7 Å². The minimum Gasteiger partial charge on any atom is -0.438 e. The van der Waals surface area contributed by atoms with E-state index in [0.29, 0.717) is 11.4 Å². The standard InChI is InChI=1S/C23H18FN3O2/c1-14-7-9-19(18(24)11-14)26-23-17(12-16-5-3-4-6-20(16)29-23)22(28)27-21-10-8-15(2)13-25-21/h3-13H,1-2H3,(H,25,27,28). The van der Waals surface area contributed by atoms with Gasteiger partial charge in [-0.15, -0.1) is 0 Å². The second-order valence-electron chi connectivity index (χ2n) is 6.74. The van der Waals surface area contributed by atoms with Crippen LogP contribution in [-0.2, 0) is 0 Å². The molecule has 0 aliphatic heterocycles. The molecule has 2 heterocycles. The molecule has 4 rings (SSSR count). The number of hydrogen-bond donors (Lipinski definition) is 1. The van der Waals surface area contributed by atoms with Crippen LogP contribution in [0.15, 0.2) is 76.3 Å². The molecule has 0 saturated carbocycles. The van der Waals surface area contributed by atoms with E-state index in [2.05, 4.69) is 15.3 Å². The van der Waals surface area contributed by atoms with Crippen molar-refractivity contribution in [3.05, 3.63) is 94.9 Å². The number of benzene rings is 2. The molecule has 2 aromatic heterocycles. The Morgan fingerprint density at radius 2 is 1.83 bits per heavy atom. The van der Waals surface area contributed by atoms with Crippen LogP contribution in [0.5, 0.6) is 0 Å². The Balaban J connectivity index is 1.84. The molecule has 0 saturated heterocycles. The number of fused-ring (bicyclic) bond motifs is 1. The molecule has 0 aliphatic rings. The summed E-state index contributed by atoms with van der Waals surface area (Å²) in [7, 11) is 0.